The predicted octanol–water partition coefficient (Wildman–Crippen LogP) is 2.38. The number of carbonyl (C=O) groups is 3. The second kappa shape index (κ2) is 11.1. The largest absolute Gasteiger partial charge is 0.444 e. The van der Waals surface area contributed by atoms with E-state index in [0.717, 1.165) is 38.9 Å². The van der Waals surface area contributed by atoms with Crippen molar-refractivity contribution < 1.29 is 19.1 Å². The number of ether oxygens (including phenoxy) is 1. The molecule has 0 aromatic carbocycles. The minimum Gasteiger partial charge on any atom is -0.444 e. The van der Waals surface area contributed by atoms with E-state index in [2.05, 4.69) is 27.0 Å². The van der Waals surface area contributed by atoms with Crippen molar-refractivity contribution in [3.8, 4) is 0 Å². The predicted molar refractivity (Wildman–Crippen MR) is 124 cm³/mol. The quantitative estimate of drug-likeness (QED) is 0.605. The average Bonchev–Trinajstić information content (AvgIpc) is 3.22. The Kier molecular flexibility index (Phi) is 8.53. The van der Waals surface area contributed by atoms with Crippen molar-refractivity contribution in [1.29, 1.82) is 0 Å². The van der Waals surface area contributed by atoms with Crippen LogP contribution in [0.4, 0.5) is 4.79 Å². The second-order valence-corrected chi connectivity index (χ2v) is 10.5. The van der Waals surface area contributed by atoms with E-state index in [-0.39, 0.29) is 17.7 Å². The lowest BCUT2D eigenvalue weighted by molar-refractivity contribution is -0.132. The van der Waals surface area contributed by atoms with Crippen LogP contribution in [0.5, 0.6) is 0 Å². The molecule has 0 bridgehead atoms. The first-order valence-corrected chi connectivity index (χ1v) is 12.4. The maximum Gasteiger partial charge on any atom is 0.407 e. The Morgan fingerprint density at radius 2 is 1.97 bits per heavy atom. The van der Waals surface area contributed by atoms with E-state index in [4.69, 9.17) is 4.74 Å². The van der Waals surface area contributed by atoms with Crippen molar-refractivity contribution in [2.24, 2.45) is 5.92 Å². The molecule has 1 saturated heterocycles. The second-order valence-electron chi connectivity index (χ2n) is 9.54. The lowest BCUT2D eigenvalue weighted by Crippen LogP contribution is -2.46. The first kappa shape index (κ1) is 24.5. The molecule has 8 nitrogen and oxygen atoms in total. The Hall–Kier alpha value is -2.13. The van der Waals surface area contributed by atoms with Gasteiger partial charge in [0.15, 0.2) is 0 Å². The van der Waals surface area contributed by atoms with Gasteiger partial charge in [0, 0.05) is 50.6 Å². The van der Waals surface area contributed by atoms with Gasteiger partial charge in [-0.05, 0) is 63.6 Å². The van der Waals surface area contributed by atoms with Gasteiger partial charge in [0.1, 0.15) is 5.60 Å². The summed E-state index contributed by atoms with van der Waals surface area (Å²) >= 11 is 1.78. The van der Waals surface area contributed by atoms with Gasteiger partial charge in [0.2, 0.25) is 11.8 Å². The number of nitrogens with zero attached hydrogens (tertiary/aromatic N) is 2. The third kappa shape index (κ3) is 7.48. The lowest BCUT2D eigenvalue weighted by Gasteiger charge is -2.33. The Bertz CT molecular complexity index is 804. The van der Waals surface area contributed by atoms with E-state index in [0.29, 0.717) is 32.6 Å². The van der Waals surface area contributed by atoms with Crippen LogP contribution < -0.4 is 10.6 Å². The summed E-state index contributed by atoms with van der Waals surface area (Å²) in [5.41, 5.74) is 0.742. The molecular formula is C23H36N4O4S. The number of hydrogen-bond donors (Lipinski definition) is 2. The summed E-state index contributed by atoms with van der Waals surface area (Å²) in [7, 11) is 0. The molecule has 178 valence electrons. The number of fused-ring (bicyclic) bond motifs is 1. The molecule has 0 aliphatic carbocycles. The van der Waals surface area contributed by atoms with Gasteiger partial charge < -0.3 is 25.2 Å². The van der Waals surface area contributed by atoms with Gasteiger partial charge in [0.05, 0.1) is 5.92 Å². The van der Waals surface area contributed by atoms with Crippen LogP contribution in [-0.2, 0) is 27.3 Å². The summed E-state index contributed by atoms with van der Waals surface area (Å²) in [6, 6.07) is 2.12. The van der Waals surface area contributed by atoms with E-state index in [1.54, 1.807) is 11.3 Å². The first-order chi connectivity index (χ1) is 15.2. The van der Waals surface area contributed by atoms with E-state index in [1.807, 2.05) is 25.7 Å². The molecule has 2 aliphatic rings. The minimum absolute atomic E-state index is 0.00744. The number of amides is 3. The Labute approximate surface area is 194 Å². The zero-order valence-electron chi connectivity index (χ0n) is 19.4. The van der Waals surface area contributed by atoms with Crippen LogP contribution in [0.3, 0.4) is 0 Å². The lowest BCUT2D eigenvalue weighted by atomic mass is 9.97. The molecule has 1 aromatic heterocycles. The molecule has 1 aromatic rings. The number of piperidine rings is 1. The summed E-state index contributed by atoms with van der Waals surface area (Å²) in [6.07, 6.45) is 2.76. The molecule has 0 radical (unpaired) electrons. The van der Waals surface area contributed by atoms with Crippen molar-refractivity contribution in [3.05, 3.63) is 21.9 Å². The molecule has 1 atom stereocenters. The fraction of sp³-hybridized carbons (Fsp3) is 0.696. The summed E-state index contributed by atoms with van der Waals surface area (Å²) in [6.45, 7) is 9.93. The molecule has 32 heavy (non-hydrogen) atoms. The summed E-state index contributed by atoms with van der Waals surface area (Å²) in [5, 5.41) is 7.65. The molecule has 1 unspecified atom stereocenters. The zero-order chi connectivity index (χ0) is 23.1. The molecule has 3 rings (SSSR count). The fourth-order valence-corrected chi connectivity index (χ4v) is 5.04. The molecule has 3 heterocycles. The highest BCUT2D eigenvalue weighted by Crippen LogP contribution is 2.24. The van der Waals surface area contributed by atoms with Crippen LogP contribution in [0.1, 0.15) is 50.5 Å². The highest BCUT2D eigenvalue weighted by atomic mass is 32.1. The highest BCUT2D eigenvalue weighted by molar-refractivity contribution is 7.10. The average molecular weight is 465 g/mol. The van der Waals surface area contributed by atoms with Crippen LogP contribution in [0.15, 0.2) is 11.4 Å². The van der Waals surface area contributed by atoms with Gasteiger partial charge in [-0.3, -0.25) is 9.59 Å². The molecule has 1 fully saturated rings. The maximum atomic E-state index is 12.7. The number of alkyl carbamates (subject to hydrolysis) is 1. The van der Waals surface area contributed by atoms with Crippen LogP contribution in [0.2, 0.25) is 0 Å². The summed E-state index contributed by atoms with van der Waals surface area (Å²) in [5.74, 6) is 0.124. The van der Waals surface area contributed by atoms with E-state index >= 15 is 0 Å². The number of carbonyl (C=O) groups excluding carboxylic acids is 3. The Morgan fingerprint density at radius 3 is 2.75 bits per heavy atom. The van der Waals surface area contributed by atoms with Crippen molar-refractivity contribution in [1.82, 2.24) is 20.4 Å². The topological polar surface area (TPSA) is 91.0 Å². The zero-order valence-corrected chi connectivity index (χ0v) is 20.3. The Balaban J connectivity index is 1.33. The molecule has 9 heteroatoms. The van der Waals surface area contributed by atoms with Crippen LogP contribution in [0.25, 0.3) is 0 Å². The summed E-state index contributed by atoms with van der Waals surface area (Å²) in [4.78, 5) is 42.5. The van der Waals surface area contributed by atoms with E-state index in [9.17, 15) is 14.4 Å². The molecule has 0 spiro atoms. The van der Waals surface area contributed by atoms with Gasteiger partial charge in [-0.1, -0.05) is 0 Å². The molecule has 0 saturated carbocycles. The van der Waals surface area contributed by atoms with Gasteiger partial charge in [-0.25, -0.2) is 4.79 Å². The van der Waals surface area contributed by atoms with Crippen LogP contribution in [0, 0.1) is 5.92 Å². The van der Waals surface area contributed by atoms with Gasteiger partial charge in [0.25, 0.3) is 0 Å². The molecule has 3 amide bonds. The normalized spacial score (nSPS) is 19.2. The van der Waals surface area contributed by atoms with Gasteiger partial charge in [-0.2, -0.15) is 0 Å². The third-order valence-electron chi connectivity index (χ3n) is 5.77. The molecule has 2 aliphatic heterocycles. The number of nitrogens with one attached hydrogen (secondary N) is 2. The number of thiophene rings is 1. The van der Waals surface area contributed by atoms with Gasteiger partial charge in [-0.15, -0.1) is 11.3 Å². The van der Waals surface area contributed by atoms with Crippen molar-refractivity contribution >= 4 is 29.2 Å². The van der Waals surface area contributed by atoms with E-state index in [1.165, 1.54) is 10.4 Å². The number of rotatable bonds is 7. The van der Waals surface area contributed by atoms with Crippen LogP contribution >= 0.6 is 11.3 Å². The standard InChI is InChI=1S/C23H36N4O4S/c1-23(2,3)31-22(30)25-10-9-24-21(29)18-5-4-11-26(15-18)12-7-20(28)27-13-6-19-17(16-27)8-14-32-19/h8,14,18H,4-7,9-13,15-16H2,1-3H3,(H,24,29)(H,25,30). The number of likely N-dealkylation sites (tertiary alicyclic amines) is 1. The molecule has 2 N–H and O–H groups in total. The highest BCUT2D eigenvalue weighted by Gasteiger charge is 2.27. The maximum absolute atomic E-state index is 12.7. The smallest absolute Gasteiger partial charge is 0.407 e. The van der Waals surface area contributed by atoms with Crippen molar-refractivity contribution in [3.63, 3.8) is 0 Å². The van der Waals surface area contributed by atoms with Crippen molar-refractivity contribution in [2.45, 2.75) is 58.6 Å². The Morgan fingerprint density at radius 1 is 1.19 bits per heavy atom. The fourth-order valence-electron chi connectivity index (χ4n) is 4.15. The monoisotopic (exact) mass is 464 g/mol. The van der Waals surface area contributed by atoms with Crippen molar-refractivity contribution in [2.75, 3.05) is 39.3 Å². The molecular weight excluding hydrogens is 428 g/mol. The van der Waals surface area contributed by atoms with Crippen LogP contribution in [-0.4, -0.2) is 72.6 Å². The SMILES string of the molecule is CC(C)(C)OC(=O)NCCNC(=O)C1CCCN(CCC(=O)N2CCc3sccc3C2)C1. The minimum atomic E-state index is -0.541. The first-order valence-electron chi connectivity index (χ1n) is 11.5. The number of hydrogen-bond acceptors (Lipinski definition) is 6. The van der Waals surface area contributed by atoms with E-state index < -0.39 is 11.7 Å². The third-order valence-corrected chi connectivity index (χ3v) is 6.79. The van der Waals surface area contributed by atoms with Gasteiger partial charge >= 0.3 is 6.09 Å². The summed E-state index contributed by atoms with van der Waals surface area (Å²) < 4.78 is 5.18.